The highest BCUT2D eigenvalue weighted by atomic mass is 16.5. The molecule has 1 atom stereocenters. The number of benzene rings is 1. The third-order valence-corrected chi connectivity index (χ3v) is 4.58. The highest BCUT2D eigenvalue weighted by Crippen LogP contribution is 2.29. The molecule has 0 saturated heterocycles. The number of H-pyrrole nitrogens is 1. The molecule has 2 aliphatic rings. The van der Waals surface area contributed by atoms with Gasteiger partial charge < -0.3 is 14.0 Å². The summed E-state index contributed by atoms with van der Waals surface area (Å²) >= 11 is 0. The fourth-order valence-corrected chi connectivity index (χ4v) is 3.19. The van der Waals surface area contributed by atoms with Crippen molar-refractivity contribution in [1.29, 1.82) is 0 Å². The van der Waals surface area contributed by atoms with Crippen LogP contribution in [0.5, 0.6) is 5.75 Å². The molecule has 0 spiro atoms. The topological polar surface area (TPSA) is 117 Å². The maximum absolute atomic E-state index is 12.3. The highest BCUT2D eigenvalue weighted by molar-refractivity contribution is 5.96. The van der Waals surface area contributed by atoms with E-state index in [0.29, 0.717) is 11.6 Å². The van der Waals surface area contributed by atoms with Crippen molar-refractivity contribution in [3.8, 4) is 17.0 Å². The number of rotatable bonds is 5. The summed E-state index contributed by atoms with van der Waals surface area (Å²) in [6.45, 7) is 0. The van der Waals surface area contributed by atoms with Crippen LogP contribution in [0.15, 0.2) is 47.8 Å². The molecule has 10 nitrogen and oxygen atoms in total. The first-order valence-corrected chi connectivity index (χ1v) is 8.69. The predicted molar refractivity (Wildman–Crippen MR) is 102 cm³/mol. The van der Waals surface area contributed by atoms with Gasteiger partial charge in [-0.1, -0.05) is 12.1 Å². The first-order chi connectivity index (χ1) is 14.0. The maximum Gasteiger partial charge on any atom is 0.341 e. The minimum absolute atomic E-state index is 0.165. The minimum Gasteiger partial charge on any atom is -0.497 e. The van der Waals surface area contributed by atoms with Crippen molar-refractivity contribution in [2.24, 2.45) is 7.05 Å². The minimum atomic E-state index is -0.599. The van der Waals surface area contributed by atoms with E-state index >= 15 is 0 Å². The van der Waals surface area contributed by atoms with E-state index in [-0.39, 0.29) is 16.8 Å². The van der Waals surface area contributed by atoms with Gasteiger partial charge in [-0.3, -0.25) is 9.48 Å². The first kappa shape index (κ1) is 18.4. The largest absolute Gasteiger partial charge is 0.497 e. The van der Waals surface area contributed by atoms with Crippen molar-refractivity contribution < 1.29 is 14.3 Å². The molecule has 10 heteroatoms. The molecule has 0 radical (unpaired) electrons. The number of nitrogens with zero attached hydrogens (tertiary/aromatic N) is 5. The third-order valence-electron chi connectivity index (χ3n) is 4.58. The summed E-state index contributed by atoms with van der Waals surface area (Å²) in [5.74, 6) is 0.598. The molecule has 2 aliphatic heterocycles. The number of aromatic amines is 1. The molecule has 0 unspecified atom stereocenters. The Morgan fingerprint density at radius 1 is 1.17 bits per heavy atom. The summed E-state index contributed by atoms with van der Waals surface area (Å²) in [5.41, 5.74) is 1.12. The van der Waals surface area contributed by atoms with Gasteiger partial charge in [-0.25, -0.2) is 14.9 Å². The lowest BCUT2D eigenvalue weighted by molar-refractivity contribution is 0.0600. The average molecular weight is 394 g/mol. The van der Waals surface area contributed by atoms with Crippen molar-refractivity contribution in [2.75, 3.05) is 14.2 Å². The quantitative estimate of drug-likeness (QED) is 0.506. The molecular weight excluding hydrogens is 376 g/mol. The van der Waals surface area contributed by atoms with Gasteiger partial charge >= 0.3 is 5.97 Å². The zero-order chi connectivity index (χ0) is 20.5. The Balaban J connectivity index is 1.96. The molecule has 148 valence electrons. The van der Waals surface area contributed by atoms with Crippen molar-refractivity contribution in [3.05, 3.63) is 70.3 Å². The number of fused-ring (bicyclic) bond motifs is 1. The maximum atomic E-state index is 12.3. The fraction of sp³-hybridized carbons (Fsp3) is 0.211. The molecule has 1 N–H and O–H groups in total. The van der Waals surface area contributed by atoms with E-state index in [9.17, 15) is 9.59 Å². The Bertz CT molecular complexity index is 1190. The highest BCUT2D eigenvalue weighted by Gasteiger charge is 2.27. The van der Waals surface area contributed by atoms with E-state index in [1.807, 2.05) is 24.3 Å². The molecule has 1 aromatic carbocycles. The van der Waals surface area contributed by atoms with Gasteiger partial charge in [0.15, 0.2) is 5.82 Å². The number of hydrogen-bond donors (Lipinski definition) is 1. The monoisotopic (exact) mass is 394 g/mol. The SMILES string of the molecule is COC(=O)c1cn([C@H](c2ccc(OC)cc2)c2ncn(C)n2)cc2c(=O)[nH]nc1-2. The lowest BCUT2D eigenvalue weighted by Crippen LogP contribution is -2.19. The second kappa shape index (κ2) is 7.23. The number of methoxy groups -OCH3 is 2. The normalized spacial score (nSPS) is 12.1. The van der Waals surface area contributed by atoms with Crippen LogP contribution in [0.25, 0.3) is 11.3 Å². The summed E-state index contributed by atoms with van der Waals surface area (Å²) in [6.07, 6.45) is 4.79. The molecule has 0 fully saturated rings. The summed E-state index contributed by atoms with van der Waals surface area (Å²) in [7, 11) is 4.63. The summed E-state index contributed by atoms with van der Waals surface area (Å²) in [5, 5.41) is 10.8. The Morgan fingerprint density at radius 2 is 1.93 bits per heavy atom. The number of pyridine rings is 1. The van der Waals surface area contributed by atoms with Crippen LogP contribution in [-0.2, 0) is 11.8 Å². The molecule has 0 aliphatic carbocycles. The second-order valence-electron chi connectivity index (χ2n) is 6.38. The van der Waals surface area contributed by atoms with Crippen molar-refractivity contribution in [3.63, 3.8) is 0 Å². The van der Waals surface area contributed by atoms with E-state index in [0.717, 1.165) is 5.56 Å². The molecular formula is C19H18N6O4. The van der Waals surface area contributed by atoms with Crippen LogP contribution in [0.3, 0.4) is 0 Å². The predicted octanol–water partition coefficient (Wildman–Crippen LogP) is 1.24. The van der Waals surface area contributed by atoms with Crippen LogP contribution < -0.4 is 10.3 Å². The Labute approximate surface area is 165 Å². The van der Waals surface area contributed by atoms with Crippen molar-refractivity contribution in [1.82, 2.24) is 29.5 Å². The standard InChI is InChI=1S/C19H18N6O4/c1-24-10-20-17(23-24)16(11-4-6-12(28-2)7-5-11)25-8-13-15(21-22-18(13)26)14(9-25)19(27)29-3/h4-10,16H,1-3H3,(H,22,26)/t16-/m1/s1. The summed E-state index contributed by atoms with van der Waals surface area (Å²) in [4.78, 5) is 28.9. The number of nitrogens with one attached hydrogen (secondary N) is 1. The molecule has 3 heterocycles. The summed E-state index contributed by atoms with van der Waals surface area (Å²) in [6, 6.07) is 6.90. The van der Waals surface area contributed by atoms with E-state index < -0.39 is 17.6 Å². The fourth-order valence-electron chi connectivity index (χ4n) is 3.19. The van der Waals surface area contributed by atoms with E-state index in [1.165, 1.54) is 7.11 Å². The number of aromatic nitrogens is 6. The van der Waals surface area contributed by atoms with Crippen LogP contribution >= 0.6 is 0 Å². The van der Waals surface area contributed by atoms with Gasteiger partial charge in [0, 0.05) is 19.4 Å². The van der Waals surface area contributed by atoms with Crippen LogP contribution in [0, 0.1) is 0 Å². The number of ether oxygens (including phenoxy) is 2. The van der Waals surface area contributed by atoms with E-state index in [2.05, 4.69) is 20.3 Å². The lowest BCUT2D eigenvalue weighted by atomic mass is 10.0. The molecule has 4 rings (SSSR count). The van der Waals surface area contributed by atoms with Crippen LogP contribution in [-0.4, -0.2) is 49.7 Å². The number of hydrogen-bond acceptors (Lipinski definition) is 7. The second-order valence-corrected chi connectivity index (χ2v) is 6.38. The van der Waals surface area contributed by atoms with Crippen LogP contribution in [0.2, 0.25) is 0 Å². The number of aryl methyl sites for hydroxylation is 1. The van der Waals surface area contributed by atoms with Gasteiger partial charge in [-0.2, -0.15) is 10.2 Å². The lowest BCUT2D eigenvalue weighted by Gasteiger charge is -2.21. The van der Waals surface area contributed by atoms with Gasteiger partial charge in [-0.15, -0.1) is 0 Å². The molecule has 2 aromatic rings. The number of carbonyl (C=O) groups excluding carboxylic acids is 1. The smallest absolute Gasteiger partial charge is 0.341 e. The molecule has 29 heavy (non-hydrogen) atoms. The van der Waals surface area contributed by atoms with E-state index in [1.54, 1.807) is 42.1 Å². The third kappa shape index (κ3) is 3.24. The van der Waals surface area contributed by atoms with Crippen molar-refractivity contribution in [2.45, 2.75) is 6.04 Å². The Kier molecular flexibility index (Phi) is 4.59. The van der Waals surface area contributed by atoms with E-state index in [4.69, 9.17) is 9.47 Å². The van der Waals surface area contributed by atoms with Gasteiger partial charge in [0.1, 0.15) is 29.4 Å². The zero-order valence-electron chi connectivity index (χ0n) is 16.0. The summed E-state index contributed by atoms with van der Waals surface area (Å²) < 4.78 is 13.4. The van der Waals surface area contributed by atoms with Gasteiger partial charge in [0.25, 0.3) is 5.56 Å². The number of esters is 1. The Hall–Kier alpha value is -3.95. The van der Waals surface area contributed by atoms with Gasteiger partial charge in [-0.05, 0) is 17.7 Å². The van der Waals surface area contributed by atoms with Gasteiger partial charge in [0.2, 0.25) is 0 Å². The van der Waals surface area contributed by atoms with Gasteiger partial charge in [0.05, 0.1) is 19.8 Å². The van der Waals surface area contributed by atoms with Crippen LogP contribution in [0.1, 0.15) is 27.8 Å². The molecule has 0 amide bonds. The molecule has 0 bridgehead atoms. The Morgan fingerprint density at radius 3 is 2.55 bits per heavy atom. The molecule has 0 saturated carbocycles. The zero-order valence-corrected chi connectivity index (χ0v) is 16.0. The molecule has 1 aromatic heterocycles. The average Bonchev–Trinajstić information content (AvgIpc) is 3.33. The van der Waals surface area contributed by atoms with Crippen LogP contribution in [0.4, 0.5) is 0 Å². The van der Waals surface area contributed by atoms with Crippen molar-refractivity contribution >= 4 is 5.97 Å². The first-order valence-electron chi connectivity index (χ1n) is 8.69. The number of carbonyl (C=O) groups is 1.